The molecule has 1 heterocycles. The summed E-state index contributed by atoms with van der Waals surface area (Å²) in [5.74, 6) is 0.594. The predicted octanol–water partition coefficient (Wildman–Crippen LogP) is 2.87. The molecule has 1 aromatic rings. The minimum absolute atomic E-state index is 0.560. The zero-order valence-electron chi connectivity index (χ0n) is 10.9. The fraction of sp³-hybridized carbons (Fsp3) is 0.538. The lowest BCUT2D eigenvalue weighted by atomic mass is 10.1. The van der Waals surface area contributed by atoms with Crippen LogP contribution in [0.3, 0.4) is 0 Å². The Morgan fingerprint density at radius 2 is 2.28 bits per heavy atom. The molecule has 0 amide bonds. The fourth-order valence-corrected chi connectivity index (χ4v) is 2.06. The van der Waals surface area contributed by atoms with Gasteiger partial charge in [0.05, 0.1) is 10.0 Å². The van der Waals surface area contributed by atoms with Crippen LogP contribution in [-0.4, -0.2) is 28.0 Å². The number of halogens is 1. The molecule has 5 heteroatoms. The number of nitrogens with two attached hydrogens (primary N) is 1. The lowest BCUT2D eigenvalue weighted by Crippen LogP contribution is -2.30. The number of thiocarbonyl (C=S) groups is 1. The summed E-state index contributed by atoms with van der Waals surface area (Å²) in [6, 6.07) is 1.95. The van der Waals surface area contributed by atoms with Gasteiger partial charge in [-0.15, -0.1) is 0 Å². The molecule has 0 unspecified atom stereocenters. The third kappa shape index (κ3) is 5.76. The van der Waals surface area contributed by atoms with Crippen molar-refractivity contribution in [1.82, 2.24) is 9.88 Å². The van der Waals surface area contributed by atoms with Crippen LogP contribution in [0.1, 0.15) is 25.8 Å². The number of aromatic nitrogens is 1. The lowest BCUT2D eigenvalue weighted by Gasteiger charge is -2.24. The van der Waals surface area contributed by atoms with Crippen molar-refractivity contribution in [2.45, 2.75) is 26.8 Å². The highest BCUT2D eigenvalue weighted by Gasteiger charge is 2.10. The maximum Gasteiger partial charge on any atom is 0.0740 e. The molecule has 100 valence electrons. The Labute approximate surface area is 119 Å². The van der Waals surface area contributed by atoms with Crippen molar-refractivity contribution in [3.05, 3.63) is 29.0 Å². The molecule has 0 aromatic carbocycles. The zero-order valence-corrected chi connectivity index (χ0v) is 12.5. The molecule has 18 heavy (non-hydrogen) atoms. The second-order valence-electron chi connectivity index (χ2n) is 4.81. The van der Waals surface area contributed by atoms with Crippen LogP contribution in [0.25, 0.3) is 0 Å². The number of hydrogen-bond donors (Lipinski definition) is 1. The average Bonchev–Trinajstić information content (AvgIpc) is 2.28. The Hall–Kier alpha value is -0.710. The van der Waals surface area contributed by atoms with Crippen molar-refractivity contribution in [3.63, 3.8) is 0 Å². The molecule has 0 saturated carbocycles. The first-order valence-corrected chi connectivity index (χ1v) is 6.86. The Morgan fingerprint density at radius 3 is 2.83 bits per heavy atom. The first-order valence-electron chi connectivity index (χ1n) is 6.08. The van der Waals surface area contributed by atoms with Crippen LogP contribution in [0.5, 0.6) is 0 Å². The molecule has 1 rings (SSSR count). The van der Waals surface area contributed by atoms with E-state index in [-0.39, 0.29) is 0 Å². The SMILES string of the molecule is CC(C)CN(CCC(N)=S)Cc1ccncc1Cl. The molecule has 0 bridgehead atoms. The molecular formula is C13H20ClN3S. The summed E-state index contributed by atoms with van der Waals surface area (Å²) in [6.45, 7) is 7.07. The maximum atomic E-state index is 6.13. The monoisotopic (exact) mass is 285 g/mol. The highest BCUT2D eigenvalue weighted by Crippen LogP contribution is 2.16. The van der Waals surface area contributed by atoms with Gasteiger partial charge < -0.3 is 5.73 Å². The van der Waals surface area contributed by atoms with E-state index in [1.165, 1.54) is 0 Å². The Kier molecular flexibility index (Phi) is 6.54. The van der Waals surface area contributed by atoms with Crippen LogP contribution in [-0.2, 0) is 6.54 Å². The lowest BCUT2D eigenvalue weighted by molar-refractivity contribution is 0.243. The number of nitrogens with zero attached hydrogens (tertiary/aromatic N) is 2. The number of pyridine rings is 1. The van der Waals surface area contributed by atoms with E-state index in [0.717, 1.165) is 31.6 Å². The van der Waals surface area contributed by atoms with Crippen molar-refractivity contribution >= 4 is 28.8 Å². The van der Waals surface area contributed by atoms with Crippen LogP contribution in [0, 0.1) is 5.92 Å². The molecule has 0 aliphatic heterocycles. The van der Waals surface area contributed by atoms with Gasteiger partial charge in [-0.2, -0.15) is 0 Å². The second kappa shape index (κ2) is 7.67. The van der Waals surface area contributed by atoms with E-state index < -0.39 is 0 Å². The van der Waals surface area contributed by atoms with Gasteiger partial charge in [0.15, 0.2) is 0 Å². The van der Waals surface area contributed by atoms with Crippen molar-refractivity contribution in [2.24, 2.45) is 11.7 Å². The topological polar surface area (TPSA) is 42.1 Å². The van der Waals surface area contributed by atoms with Gasteiger partial charge in [-0.25, -0.2) is 0 Å². The van der Waals surface area contributed by atoms with Crippen molar-refractivity contribution < 1.29 is 0 Å². The summed E-state index contributed by atoms with van der Waals surface area (Å²) in [5, 5.41) is 0.710. The number of rotatable bonds is 7. The van der Waals surface area contributed by atoms with Crippen molar-refractivity contribution in [1.29, 1.82) is 0 Å². The highest BCUT2D eigenvalue weighted by molar-refractivity contribution is 7.80. The van der Waals surface area contributed by atoms with Gasteiger partial charge >= 0.3 is 0 Å². The Balaban J connectivity index is 2.65. The van der Waals surface area contributed by atoms with Gasteiger partial charge in [0.2, 0.25) is 0 Å². The molecule has 0 spiro atoms. The van der Waals surface area contributed by atoms with Crippen LogP contribution in [0.15, 0.2) is 18.5 Å². The molecule has 1 aromatic heterocycles. The smallest absolute Gasteiger partial charge is 0.0740 e. The minimum Gasteiger partial charge on any atom is -0.393 e. The summed E-state index contributed by atoms with van der Waals surface area (Å²) in [4.78, 5) is 6.88. The van der Waals surface area contributed by atoms with Crippen LogP contribution < -0.4 is 5.73 Å². The molecule has 0 saturated heterocycles. The average molecular weight is 286 g/mol. The summed E-state index contributed by atoms with van der Waals surface area (Å²) >= 11 is 11.1. The van der Waals surface area contributed by atoms with E-state index in [1.807, 2.05) is 6.07 Å². The highest BCUT2D eigenvalue weighted by atomic mass is 35.5. The molecule has 0 atom stereocenters. The van der Waals surface area contributed by atoms with Crippen molar-refractivity contribution in [3.8, 4) is 0 Å². The van der Waals surface area contributed by atoms with E-state index >= 15 is 0 Å². The molecule has 0 aliphatic rings. The third-order valence-corrected chi connectivity index (χ3v) is 3.09. The van der Waals surface area contributed by atoms with E-state index in [9.17, 15) is 0 Å². The fourth-order valence-electron chi connectivity index (χ4n) is 1.79. The molecule has 0 aliphatic carbocycles. The minimum atomic E-state index is 0.560. The molecule has 3 nitrogen and oxygen atoms in total. The Bertz CT molecular complexity index is 396. The maximum absolute atomic E-state index is 6.13. The third-order valence-electron chi connectivity index (χ3n) is 2.55. The molecular weight excluding hydrogens is 266 g/mol. The van der Waals surface area contributed by atoms with Gasteiger partial charge in [-0.05, 0) is 17.5 Å². The zero-order chi connectivity index (χ0) is 13.5. The van der Waals surface area contributed by atoms with E-state index in [0.29, 0.717) is 15.9 Å². The summed E-state index contributed by atoms with van der Waals surface area (Å²) in [6.07, 6.45) is 4.19. The second-order valence-corrected chi connectivity index (χ2v) is 5.74. The van der Waals surface area contributed by atoms with Crippen LogP contribution in [0.4, 0.5) is 0 Å². The van der Waals surface area contributed by atoms with E-state index in [2.05, 4.69) is 23.7 Å². The van der Waals surface area contributed by atoms with Crippen LogP contribution >= 0.6 is 23.8 Å². The number of hydrogen-bond acceptors (Lipinski definition) is 3. The van der Waals surface area contributed by atoms with Crippen LogP contribution in [0.2, 0.25) is 5.02 Å². The summed E-state index contributed by atoms with van der Waals surface area (Å²) in [5.41, 5.74) is 6.66. The van der Waals surface area contributed by atoms with Gasteiger partial charge in [-0.3, -0.25) is 9.88 Å². The molecule has 0 fully saturated rings. The molecule has 2 N–H and O–H groups in total. The first-order chi connectivity index (χ1) is 8.49. The normalized spacial score (nSPS) is 11.2. The van der Waals surface area contributed by atoms with E-state index in [4.69, 9.17) is 29.6 Å². The van der Waals surface area contributed by atoms with Gasteiger partial charge in [0.25, 0.3) is 0 Å². The van der Waals surface area contributed by atoms with Gasteiger partial charge in [0, 0.05) is 38.4 Å². The molecule has 0 radical (unpaired) electrons. The van der Waals surface area contributed by atoms with Crippen molar-refractivity contribution in [2.75, 3.05) is 13.1 Å². The first kappa shape index (κ1) is 15.3. The predicted molar refractivity (Wildman–Crippen MR) is 80.8 cm³/mol. The van der Waals surface area contributed by atoms with E-state index in [1.54, 1.807) is 12.4 Å². The quantitative estimate of drug-likeness (QED) is 0.782. The standard InChI is InChI=1S/C13H20ClN3S/c1-10(2)8-17(6-4-13(15)18)9-11-3-5-16-7-12(11)14/h3,5,7,10H,4,6,8-9H2,1-2H3,(H2,15,18). The van der Waals surface area contributed by atoms with Gasteiger partial charge in [-0.1, -0.05) is 37.7 Å². The summed E-state index contributed by atoms with van der Waals surface area (Å²) < 4.78 is 0. The summed E-state index contributed by atoms with van der Waals surface area (Å²) in [7, 11) is 0. The largest absolute Gasteiger partial charge is 0.393 e. The Morgan fingerprint density at radius 1 is 1.56 bits per heavy atom. The van der Waals surface area contributed by atoms with Gasteiger partial charge in [0.1, 0.15) is 0 Å².